The zero-order chi connectivity index (χ0) is 16.9. The van der Waals surface area contributed by atoms with E-state index < -0.39 is 0 Å². The van der Waals surface area contributed by atoms with Crippen LogP contribution in [0.25, 0.3) is 11.3 Å². The molecular formula is C17H16ClN3O2S. The van der Waals surface area contributed by atoms with Crippen LogP contribution < -0.4 is 5.32 Å². The fourth-order valence-electron chi connectivity index (χ4n) is 2.16. The van der Waals surface area contributed by atoms with E-state index >= 15 is 0 Å². The molecule has 124 valence electrons. The van der Waals surface area contributed by atoms with Gasteiger partial charge in [-0.3, -0.25) is 4.79 Å². The van der Waals surface area contributed by atoms with Gasteiger partial charge in [0.1, 0.15) is 0 Å². The van der Waals surface area contributed by atoms with Gasteiger partial charge in [-0.2, -0.15) is 0 Å². The highest BCUT2D eigenvalue weighted by molar-refractivity contribution is 7.09. The van der Waals surface area contributed by atoms with Crippen molar-refractivity contribution in [2.24, 2.45) is 0 Å². The Balaban J connectivity index is 1.49. The Morgan fingerprint density at radius 2 is 2.12 bits per heavy atom. The summed E-state index contributed by atoms with van der Waals surface area (Å²) < 4.78 is 5.68. The zero-order valence-corrected chi connectivity index (χ0v) is 14.7. The Morgan fingerprint density at radius 1 is 1.33 bits per heavy atom. The topological polar surface area (TPSA) is 68.0 Å². The molecule has 0 atom stereocenters. The van der Waals surface area contributed by atoms with E-state index in [1.54, 1.807) is 29.7 Å². The third kappa shape index (κ3) is 4.43. The number of aromatic nitrogens is 2. The van der Waals surface area contributed by atoms with Gasteiger partial charge in [0.05, 0.1) is 23.4 Å². The molecule has 2 heterocycles. The highest BCUT2D eigenvalue weighted by atomic mass is 35.5. The molecule has 5 nitrogen and oxygen atoms in total. The van der Waals surface area contributed by atoms with E-state index in [0.717, 1.165) is 16.3 Å². The maximum Gasteiger partial charge on any atom is 0.220 e. The van der Waals surface area contributed by atoms with Crippen molar-refractivity contribution in [2.45, 2.75) is 26.3 Å². The Bertz CT molecular complexity index is 826. The number of benzene rings is 1. The summed E-state index contributed by atoms with van der Waals surface area (Å²) in [6.45, 7) is 2.39. The van der Waals surface area contributed by atoms with Crippen molar-refractivity contribution in [3.8, 4) is 11.3 Å². The lowest BCUT2D eigenvalue weighted by Crippen LogP contribution is -2.23. The maximum atomic E-state index is 11.9. The van der Waals surface area contributed by atoms with E-state index in [1.165, 1.54) is 0 Å². The molecule has 1 aromatic carbocycles. The quantitative estimate of drug-likeness (QED) is 0.720. The molecule has 0 spiro atoms. The van der Waals surface area contributed by atoms with E-state index in [1.807, 2.05) is 24.4 Å². The number of halogens is 1. The monoisotopic (exact) mass is 361 g/mol. The van der Waals surface area contributed by atoms with Gasteiger partial charge in [-0.15, -0.1) is 11.3 Å². The molecule has 3 rings (SSSR count). The molecule has 3 aromatic rings. The number of thiazole rings is 1. The number of hydrogen-bond donors (Lipinski definition) is 1. The molecule has 0 aliphatic rings. The van der Waals surface area contributed by atoms with Crippen LogP contribution in [0.4, 0.5) is 0 Å². The molecule has 1 amide bonds. The lowest BCUT2D eigenvalue weighted by atomic mass is 10.2. The Kier molecular flexibility index (Phi) is 5.27. The number of carbonyl (C=O) groups is 1. The summed E-state index contributed by atoms with van der Waals surface area (Å²) in [7, 11) is 0. The fourth-order valence-corrected chi connectivity index (χ4v) is 2.90. The van der Waals surface area contributed by atoms with Crippen molar-refractivity contribution in [2.75, 3.05) is 0 Å². The molecule has 1 N–H and O–H groups in total. The summed E-state index contributed by atoms with van der Waals surface area (Å²) in [4.78, 5) is 20.4. The molecule has 0 radical (unpaired) electrons. The minimum atomic E-state index is -0.0492. The van der Waals surface area contributed by atoms with Gasteiger partial charge in [0, 0.05) is 28.8 Å². The van der Waals surface area contributed by atoms with Crippen molar-refractivity contribution in [1.29, 1.82) is 0 Å². The first-order valence-electron chi connectivity index (χ1n) is 7.48. The molecule has 0 saturated carbocycles. The predicted octanol–water partition coefficient (Wildman–Crippen LogP) is 4.01. The second-order valence-corrected chi connectivity index (χ2v) is 6.76. The lowest BCUT2D eigenvalue weighted by molar-refractivity contribution is -0.121. The molecule has 7 heteroatoms. The third-order valence-electron chi connectivity index (χ3n) is 3.38. The van der Waals surface area contributed by atoms with Gasteiger partial charge in [0.15, 0.2) is 11.7 Å². The van der Waals surface area contributed by atoms with Crippen LogP contribution in [-0.2, 0) is 17.8 Å². The van der Waals surface area contributed by atoms with Crippen molar-refractivity contribution >= 4 is 28.8 Å². The summed E-state index contributed by atoms with van der Waals surface area (Å²) in [6.07, 6.45) is 2.44. The number of rotatable bonds is 6. The number of aryl methyl sites for hydroxylation is 2. The van der Waals surface area contributed by atoms with Gasteiger partial charge in [-0.05, 0) is 31.2 Å². The highest BCUT2D eigenvalue weighted by Gasteiger charge is 2.09. The van der Waals surface area contributed by atoms with Crippen LogP contribution in [0.5, 0.6) is 0 Å². The molecule has 0 bridgehead atoms. The summed E-state index contributed by atoms with van der Waals surface area (Å²) in [5.74, 6) is 1.16. The number of oxazole rings is 1. The van der Waals surface area contributed by atoms with Crippen molar-refractivity contribution in [3.63, 3.8) is 0 Å². The first kappa shape index (κ1) is 16.7. The average Bonchev–Trinajstić information content (AvgIpc) is 3.21. The number of amides is 1. The minimum absolute atomic E-state index is 0.0492. The normalized spacial score (nSPS) is 10.8. The molecular weight excluding hydrogens is 346 g/mol. The minimum Gasteiger partial charge on any atom is -0.441 e. The molecule has 0 fully saturated rings. The second kappa shape index (κ2) is 7.59. The van der Waals surface area contributed by atoms with Gasteiger partial charge >= 0.3 is 0 Å². The molecule has 0 aliphatic carbocycles. The highest BCUT2D eigenvalue weighted by Crippen LogP contribution is 2.22. The first-order valence-corrected chi connectivity index (χ1v) is 8.74. The molecule has 0 aliphatic heterocycles. The van der Waals surface area contributed by atoms with E-state index in [-0.39, 0.29) is 5.91 Å². The van der Waals surface area contributed by atoms with Gasteiger partial charge in [-0.25, -0.2) is 9.97 Å². The summed E-state index contributed by atoms with van der Waals surface area (Å²) in [6, 6.07) is 7.34. The van der Waals surface area contributed by atoms with Crippen molar-refractivity contribution in [1.82, 2.24) is 15.3 Å². The van der Waals surface area contributed by atoms with Crippen LogP contribution in [0, 0.1) is 6.92 Å². The summed E-state index contributed by atoms with van der Waals surface area (Å²) in [5.41, 5.74) is 1.79. The van der Waals surface area contributed by atoms with E-state index in [2.05, 4.69) is 15.3 Å². The Morgan fingerprint density at radius 3 is 2.83 bits per heavy atom. The van der Waals surface area contributed by atoms with Crippen molar-refractivity contribution in [3.05, 3.63) is 57.5 Å². The maximum absolute atomic E-state index is 11.9. The standard InChI is InChI=1S/C17H16ClN3O2S/c1-11-21-14(10-24-11)8-19-16(22)6-7-17-20-9-15(23-17)12-2-4-13(18)5-3-12/h2-5,9-10H,6-8H2,1H3,(H,19,22). The summed E-state index contributed by atoms with van der Waals surface area (Å²) >= 11 is 7.44. The number of nitrogens with one attached hydrogen (secondary N) is 1. The molecule has 0 unspecified atom stereocenters. The fraction of sp³-hybridized carbons (Fsp3) is 0.235. The molecule has 24 heavy (non-hydrogen) atoms. The molecule has 2 aromatic heterocycles. The van der Waals surface area contributed by atoms with E-state index in [0.29, 0.717) is 36.1 Å². The Labute approximate surface area is 148 Å². The third-order valence-corrected chi connectivity index (χ3v) is 4.46. The van der Waals surface area contributed by atoms with Crippen LogP contribution >= 0.6 is 22.9 Å². The number of carbonyl (C=O) groups excluding carboxylic acids is 1. The van der Waals surface area contributed by atoms with E-state index in [4.69, 9.17) is 16.0 Å². The number of nitrogens with zero attached hydrogens (tertiary/aromatic N) is 2. The largest absolute Gasteiger partial charge is 0.441 e. The van der Waals surface area contributed by atoms with E-state index in [9.17, 15) is 4.79 Å². The smallest absolute Gasteiger partial charge is 0.220 e. The first-order chi connectivity index (χ1) is 11.6. The average molecular weight is 362 g/mol. The van der Waals surface area contributed by atoms with Crippen LogP contribution in [0.1, 0.15) is 23.0 Å². The SMILES string of the molecule is Cc1nc(CNC(=O)CCc2ncc(-c3ccc(Cl)cc3)o2)cs1. The van der Waals surface area contributed by atoms with Gasteiger partial charge in [0.25, 0.3) is 0 Å². The van der Waals surface area contributed by atoms with Gasteiger partial charge in [0.2, 0.25) is 5.91 Å². The van der Waals surface area contributed by atoms with Crippen LogP contribution in [0.15, 0.2) is 40.3 Å². The lowest BCUT2D eigenvalue weighted by Gasteiger charge is -2.01. The second-order valence-electron chi connectivity index (χ2n) is 5.26. The van der Waals surface area contributed by atoms with Gasteiger partial charge in [-0.1, -0.05) is 11.6 Å². The van der Waals surface area contributed by atoms with Crippen LogP contribution in [-0.4, -0.2) is 15.9 Å². The zero-order valence-electron chi connectivity index (χ0n) is 13.1. The van der Waals surface area contributed by atoms with Crippen LogP contribution in [0.2, 0.25) is 5.02 Å². The molecule has 0 saturated heterocycles. The number of hydrogen-bond acceptors (Lipinski definition) is 5. The summed E-state index contributed by atoms with van der Waals surface area (Å²) in [5, 5.41) is 6.46. The predicted molar refractivity (Wildman–Crippen MR) is 94.0 cm³/mol. The van der Waals surface area contributed by atoms with Crippen molar-refractivity contribution < 1.29 is 9.21 Å². The Hall–Kier alpha value is -2.18. The van der Waals surface area contributed by atoms with Crippen LogP contribution in [0.3, 0.4) is 0 Å². The van der Waals surface area contributed by atoms with Gasteiger partial charge < -0.3 is 9.73 Å².